The molecule has 0 fully saturated rings. The van der Waals surface area contributed by atoms with Crippen LogP contribution in [0.15, 0.2) is 27.5 Å². The van der Waals surface area contributed by atoms with Gasteiger partial charge in [-0.1, -0.05) is 6.92 Å². The molecule has 0 aliphatic carbocycles. The lowest BCUT2D eigenvalue weighted by Crippen LogP contribution is -2.15. The minimum absolute atomic E-state index is 0.152. The van der Waals surface area contributed by atoms with Crippen molar-refractivity contribution in [1.82, 2.24) is 0 Å². The third kappa shape index (κ3) is 1.97. The summed E-state index contributed by atoms with van der Waals surface area (Å²) in [5.41, 5.74) is -0.152. The quantitative estimate of drug-likeness (QED) is 0.552. The molecule has 1 aliphatic heterocycles. The molecule has 1 aliphatic rings. The molecule has 0 aromatic rings. The van der Waals surface area contributed by atoms with E-state index in [1.807, 2.05) is 19.9 Å². The zero-order valence-corrected chi connectivity index (χ0v) is 7.20. The van der Waals surface area contributed by atoms with E-state index in [4.69, 9.17) is 0 Å². The second-order valence-corrected chi connectivity index (χ2v) is 2.90. The summed E-state index contributed by atoms with van der Waals surface area (Å²) in [6.45, 7) is 5.97. The van der Waals surface area contributed by atoms with E-state index >= 15 is 0 Å². The molecule has 1 unspecified atom stereocenters. The number of rotatable bonds is 1. The van der Waals surface area contributed by atoms with E-state index in [1.165, 1.54) is 0 Å². The van der Waals surface area contributed by atoms with Crippen molar-refractivity contribution in [2.45, 2.75) is 32.7 Å². The standard InChI is InChI=1S/C8H13N3/c1-4-8(3)5-6-9-7(2)10-11-8/h5-6H,4H2,1-3H3. The Labute approximate surface area is 66.9 Å². The van der Waals surface area contributed by atoms with Gasteiger partial charge >= 0.3 is 0 Å². The van der Waals surface area contributed by atoms with Crippen LogP contribution >= 0.6 is 0 Å². The Hall–Kier alpha value is -0.990. The van der Waals surface area contributed by atoms with E-state index < -0.39 is 0 Å². The van der Waals surface area contributed by atoms with Crippen LogP contribution in [0, 0.1) is 0 Å². The van der Waals surface area contributed by atoms with Gasteiger partial charge in [-0.05, 0) is 26.3 Å². The van der Waals surface area contributed by atoms with E-state index in [0.717, 1.165) is 12.3 Å². The fraction of sp³-hybridized carbons (Fsp3) is 0.625. The summed E-state index contributed by atoms with van der Waals surface area (Å²) in [5.74, 6) is 0.721. The minimum Gasteiger partial charge on any atom is -0.240 e. The zero-order valence-electron chi connectivity index (χ0n) is 7.20. The van der Waals surface area contributed by atoms with Gasteiger partial charge in [-0.15, -0.1) is 5.11 Å². The molecule has 0 aromatic carbocycles. The van der Waals surface area contributed by atoms with Crippen molar-refractivity contribution in [2.75, 3.05) is 0 Å². The molecule has 0 spiro atoms. The SMILES string of the molecule is CCC1(C)C=CN=C(C)N=N1. The van der Waals surface area contributed by atoms with Gasteiger partial charge in [-0.2, -0.15) is 5.11 Å². The van der Waals surface area contributed by atoms with Crippen molar-refractivity contribution in [3.05, 3.63) is 12.3 Å². The molecular formula is C8H13N3. The first-order valence-corrected chi connectivity index (χ1v) is 3.81. The zero-order chi connectivity index (χ0) is 8.32. The molecule has 1 atom stereocenters. The van der Waals surface area contributed by atoms with Crippen molar-refractivity contribution in [2.24, 2.45) is 15.2 Å². The summed E-state index contributed by atoms with van der Waals surface area (Å²) in [4.78, 5) is 4.04. The lowest BCUT2D eigenvalue weighted by atomic mass is 10.0. The number of nitrogens with zero attached hydrogens (tertiary/aromatic N) is 3. The van der Waals surface area contributed by atoms with Crippen LogP contribution in [0.5, 0.6) is 0 Å². The van der Waals surface area contributed by atoms with Crippen molar-refractivity contribution in [1.29, 1.82) is 0 Å². The first kappa shape index (κ1) is 8.11. The van der Waals surface area contributed by atoms with Crippen LogP contribution in [0.2, 0.25) is 0 Å². The van der Waals surface area contributed by atoms with Crippen molar-refractivity contribution < 1.29 is 0 Å². The van der Waals surface area contributed by atoms with E-state index in [0.29, 0.717) is 0 Å². The van der Waals surface area contributed by atoms with Gasteiger partial charge in [0, 0.05) is 6.20 Å². The molecule has 0 saturated heterocycles. The first-order chi connectivity index (χ1) is 5.16. The van der Waals surface area contributed by atoms with Crippen molar-refractivity contribution in [3.63, 3.8) is 0 Å². The van der Waals surface area contributed by atoms with Crippen LogP contribution < -0.4 is 0 Å². The van der Waals surface area contributed by atoms with Crippen LogP contribution in [0.4, 0.5) is 0 Å². The molecule has 3 nitrogen and oxygen atoms in total. The summed E-state index contributed by atoms with van der Waals surface area (Å²) >= 11 is 0. The molecule has 11 heavy (non-hydrogen) atoms. The maximum atomic E-state index is 4.16. The fourth-order valence-corrected chi connectivity index (χ4v) is 0.740. The van der Waals surface area contributed by atoms with Crippen LogP contribution in [0.1, 0.15) is 27.2 Å². The molecular weight excluding hydrogens is 138 g/mol. The number of hydrogen-bond acceptors (Lipinski definition) is 3. The molecule has 0 radical (unpaired) electrons. The molecule has 0 aromatic heterocycles. The van der Waals surface area contributed by atoms with Gasteiger partial charge < -0.3 is 0 Å². The summed E-state index contributed by atoms with van der Waals surface area (Å²) in [5, 5.41) is 8.12. The normalized spacial score (nSPS) is 29.9. The topological polar surface area (TPSA) is 37.1 Å². The van der Waals surface area contributed by atoms with Gasteiger partial charge in [-0.25, -0.2) is 4.99 Å². The first-order valence-electron chi connectivity index (χ1n) is 3.81. The molecule has 0 amide bonds. The van der Waals surface area contributed by atoms with Gasteiger partial charge in [0.2, 0.25) is 0 Å². The van der Waals surface area contributed by atoms with Crippen LogP contribution in [0.25, 0.3) is 0 Å². The lowest BCUT2D eigenvalue weighted by Gasteiger charge is -2.14. The van der Waals surface area contributed by atoms with E-state index in [1.54, 1.807) is 6.20 Å². The van der Waals surface area contributed by atoms with E-state index in [2.05, 4.69) is 22.1 Å². The fourth-order valence-electron chi connectivity index (χ4n) is 0.740. The summed E-state index contributed by atoms with van der Waals surface area (Å²) in [6, 6.07) is 0. The lowest BCUT2D eigenvalue weighted by molar-refractivity contribution is 0.543. The van der Waals surface area contributed by atoms with Gasteiger partial charge in [-0.3, -0.25) is 0 Å². The molecule has 1 rings (SSSR count). The molecule has 0 bridgehead atoms. The molecule has 1 heterocycles. The Balaban J connectivity index is 2.86. The second kappa shape index (κ2) is 2.95. The maximum Gasteiger partial charge on any atom is 0.147 e. The van der Waals surface area contributed by atoms with Crippen LogP contribution in [-0.4, -0.2) is 11.4 Å². The largest absolute Gasteiger partial charge is 0.240 e. The van der Waals surface area contributed by atoms with E-state index in [9.17, 15) is 0 Å². The van der Waals surface area contributed by atoms with Crippen LogP contribution in [0.3, 0.4) is 0 Å². The Morgan fingerprint density at radius 3 is 2.91 bits per heavy atom. The maximum absolute atomic E-state index is 4.16. The highest BCUT2D eigenvalue weighted by Crippen LogP contribution is 2.19. The molecule has 60 valence electrons. The smallest absolute Gasteiger partial charge is 0.147 e. The highest BCUT2D eigenvalue weighted by molar-refractivity contribution is 5.80. The third-order valence-electron chi connectivity index (χ3n) is 1.83. The molecule has 0 N–H and O–H groups in total. The van der Waals surface area contributed by atoms with Gasteiger partial charge in [0.15, 0.2) is 0 Å². The Morgan fingerprint density at radius 1 is 1.55 bits per heavy atom. The second-order valence-electron chi connectivity index (χ2n) is 2.90. The minimum atomic E-state index is -0.152. The van der Waals surface area contributed by atoms with Gasteiger partial charge in [0.05, 0.1) is 5.54 Å². The third-order valence-corrected chi connectivity index (χ3v) is 1.83. The van der Waals surface area contributed by atoms with Gasteiger partial charge in [0.25, 0.3) is 0 Å². The Bertz CT molecular complexity index is 227. The number of azo groups is 1. The van der Waals surface area contributed by atoms with E-state index in [-0.39, 0.29) is 5.54 Å². The summed E-state index contributed by atoms with van der Waals surface area (Å²) < 4.78 is 0. The molecule has 3 heteroatoms. The Morgan fingerprint density at radius 2 is 2.27 bits per heavy atom. The average Bonchev–Trinajstić information content (AvgIpc) is 2.15. The van der Waals surface area contributed by atoms with Gasteiger partial charge in [0.1, 0.15) is 5.84 Å². The average molecular weight is 151 g/mol. The Kier molecular flexibility index (Phi) is 2.17. The summed E-state index contributed by atoms with van der Waals surface area (Å²) in [7, 11) is 0. The predicted molar refractivity (Wildman–Crippen MR) is 45.8 cm³/mol. The van der Waals surface area contributed by atoms with Crippen molar-refractivity contribution in [3.8, 4) is 0 Å². The summed E-state index contributed by atoms with van der Waals surface area (Å²) in [6.07, 6.45) is 4.71. The number of aliphatic imine (C=N–C) groups is 1. The highest BCUT2D eigenvalue weighted by atomic mass is 15.2. The number of hydrogen-bond donors (Lipinski definition) is 0. The van der Waals surface area contributed by atoms with Crippen LogP contribution in [-0.2, 0) is 0 Å². The van der Waals surface area contributed by atoms with Crippen molar-refractivity contribution >= 4 is 5.84 Å². The molecule has 0 saturated carbocycles. The highest BCUT2D eigenvalue weighted by Gasteiger charge is 2.17. The predicted octanol–water partition coefficient (Wildman–Crippen LogP) is 2.55. The monoisotopic (exact) mass is 151 g/mol. The number of amidine groups is 1.